The van der Waals surface area contributed by atoms with E-state index in [-0.39, 0.29) is 6.61 Å². The van der Waals surface area contributed by atoms with E-state index in [0.29, 0.717) is 23.4 Å². The van der Waals surface area contributed by atoms with Gasteiger partial charge in [0.15, 0.2) is 0 Å². The summed E-state index contributed by atoms with van der Waals surface area (Å²) in [6.07, 6.45) is 7.21. The predicted molar refractivity (Wildman–Crippen MR) is 70.0 cm³/mol. The average Bonchev–Trinajstić information content (AvgIpc) is 2.31. The lowest BCUT2D eigenvalue weighted by Gasteiger charge is -2.32. The molecule has 0 aromatic heterocycles. The Morgan fingerprint density at radius 1 is 1.38 bits per heavy atom. The van der Waals surface area contributed by atoms with Gasteiger partial charge in [0.1, 0.15) is 0 Å². The highest BCUT2D eigenvalue weighted by Crippen LogP contribution is 2.22. The van der Waals surface area contributed by atoms with E-state index >= 15 is 0 Å². The Labute approximate surface area is 103 Å². The van der Waals surface area contributed by atoms with E-state index in [9.17, 15) is 5.11 Å². The lowest BCUT2D eigenvalue weighted by molar-refractivity contribution is 0.0610. The van der Waals surface area contributed by atoms with Crippen molar-refractivity contribution >= 4 is 11.8 Å². The van der Waals surface area contributed by atoms with Crippen LogP contribution in [0.5, 0.6) is 0 Å². The van der Waals surface area contributed by atoms with E-state index in [0.717, 1.165) is 12.8 Å². The Hall–Kier alpha value is 0.230. The molecule has 0 amide bonds. The Balaban J connectivity index is 2.27. The summed E-state index contributed by atoms with van der Waals surface area (Å²) in [6.45, 7) is 2.42. The fourth-order valence-corrected chi connectivity index (χ4v) is 3.02. The van der Waals surface area contributed by atoms with Crippen LogP contribution in [0.2, 0.25) is 0 Å². The maximum atomic E-state index is 9.23. The largest absolute Gasteiger partial charge is 0.395 e. The van der Waals surface area contributed by atoms with E-state index in [2.05, 4.69) is 18.5 Å². The number of aliphatic hydroxyl groups is 1. The molecule has 2 atom stereocenters. The van der Waals surface area contributed by atoms with Crippen LogP contribution < -0.4 is 5.32 Å². The molecule has 1 aliphatic carbocycles. The summed E-state index contributed by atoms with van der Waals surface area (Å²) < 4.78 is 5.36. The average molecular weight is 247 g/mol. The van der Waals surface area contributed by atoms with Crippen molar-refractivity contribution in [1.29, 1.82) is 0 Å². The molecule has 0 aromatic carbocycles. The molecule has 2 unspecified atom stereocenters. The molecule has 2 N–H and O–H groups in total. The normalized spacial score (nSPS) is 30.0. The zero-order valence-electron chi connectivity index (χ0n) is 10.6. The topological polar surface area (TPSA) is 41.5 Å². The highest BCUT2D eigenvalue weighted by molar-refractivity contribution is 7.99. The van der Waals surface area contributed by atoms with E-state index in [1.165, 1.54) is 12.8 Å². The number of hydrogen-bond donors (Lipinski definition) is 2. The maximum Gasteiger partial charge on any atom is 0.0572 e. The molecule has 0 bridgehead atoms. The van der Waals surface area contributed by atoms with Crippen LogP contribution in [-0.2, 0) is 4.74 Å². The number of hydrogen-bond acceptors (Lipinski definition) is 4. The molecule has 96 valence electrons. The second-order valence-electron chi connectivity index (χ2n) is 4.62. The summed E-state index contributed by atoms with van der Waals surface area (Å²) in [5.41, 5.74) is 0. The van der Waals surface area contributed by atoms with Gasteiger partial charge in [0.25, 0.3) is 0 Å². The van der Waals surface area contributed by atoms with Crippen molar-refractivity contribution in [3.63, 3.8) is 0 Å². The summed E-state index contributed by atoms with van der Waals surface area (Å²) >= 11 is 1.73. The summed E-state index contributed by atoms with van der Waals surface area (Å²) in [5, 5.41) is 13.2. The third-order valence-electron chi connectivity index (χ3n) is 3.55. The lowest BCUT2D eigenvalue weighted by Crippen LogP contribution is -2.45. The van der Waals surface area contributed by atoms with Gasteiger partial charge in [0.2, 0.25) is 0 Å². The molecule has 1 rings (SSSR count). The zero-order valence-corrected chi connectivity index (χ0v) is 11.4. The van der Waals surface area contributed by atoms with Gasteiger partial charge in [-0.25, -0.2) is 0 Å². The minimum absolute atomic E-state index is 0.253. The zero-order chi connectivity index (χ0) is 12.0. The Bertz CT molecular complexity index is 180. The molecule has 1 aliphatic rings. The van der Waals surface area contributed by atoms with Crippen LogP contribution in [0.1, 0.15) is 32.6 Å². The maximum absolute atomic E-state index is 9.23. The monoisotopic (exact) mass is 247 g/mol. The fourth-order valence-electron chi connectivity index (χ4n) is 2.38. The van der Waals surface area contributed by atoms with Crippen LogP contribution in [0, 0.1) is 0 Å². The molecule has 3 nitrogen and oxygen atoms in total. The molecule has 0 saturated heterocycles. The van der Waals surface area contributed by atoms with Gasteiger partial charge in [-0.05, 0) is 38.9 Å². The standard InChI is InChI=1S/C12H25NO2S/c1-9(12(8-14)16-3)13-10-4-6-11(15-2)7-5-10/h9-14H,4-8H2,1-3H3. The summed E-state index contributed by atoms with van der Waals surface area (Å²) in [5.74, 6) is 0. The van der Waals surface area contributed by atoms with E-state index in [1.807, 2.05) is 0 Å². The van der Waals surface area contributed by atoms with Gasteiger partial charge in [-0.3, -0.25) is 0 Å². The first-order chi connectivity index (χ1) is 7.71. The third kappa shape index (κ3) is 4.24. The molecule has 0 radical (unpaired) electrons. The van der Waals surface area contributed by atoms with Gasteiger partial charge < -0.3 is 15.2 Å². The van der Waals surface area contributed by atoms with Crippen LogP contribution in [0.3, 0.4) is 0 Å². The molecule has 4 heteroatoms. The third-order valence-corrected chi connectivity index (χ3v) is 4.71. The first kappa shape index (κ1) is 14.3. The molecule has 0 aromatic rings. The molecule has 16 heavy (non-hydrogen) atoms. The predicted octanol–water partition coefficient (Wildman–Crippen LogP) is 1.65. The van der Waals surface area contributed by atoms with Gasteiger partial charge in [0, 0.05) is 24.4 Å². The Morgan fingerprint density at radius 3 is 2.44 bits per heavy atom. The van der Waals surface area contributed by atoms with Crippen LogP contribution >= 0.6 is 11.8 Å². The second-order valence-corrected chi connectivity index (χ2v) is 5.70. The molecule has 1 fully saturated rings. The number of ether oxygens (including phenoxy) is 1. The van der Waals surface area contributed by atoms with Crippen LogP contribution in [0.25, 0.3) is 0 Å². The van der Waals surface area contributed by atoms with Gasteiger partial charge >= 0.3 is 0 Å². The van der Waals surface area contributed by atoms with E-state index < -0.39 is 0 Å². The van der Waals surface area contributed by atoms with Crippen LogP contribution in [0.15, 0.2) is 0 Å². The summed E-state index contributed by atoms with van der Waals surface area (Å²) in [7, 11) is 1.80. The minimum Gasteiger partial charge on any atom is -0.395 e. The Morgan fingerprint density at radius 2 is 2.00 bits per heavy atom. The van der Waals surface area contributed by atoms with Gasteiger partial charge in [0.05, 0.1) is 12.7 Å². The lowest BCUT2D eigenvalue weighted by atomic mass is 9.92. The number of nitrogens with one attached hydrogen (secondary N) is 1. The first-order valence-corrected chi connectivity index (χ1v) is 7.42. The quantitative estimate of drug-likeness (QED) is 0.749. The van der Waals surface area contributed by atoms with Crippen molar-refractivity contribution in [3.8, 4) is 0 Å². The fraction of sp³-hybridized carbons (Fsp3) is 1.00. The molecule has 0 spiro atoms. The first-order valence-electron chi connectivity index (χ1n) is 6.13. The van der Waals surface area contributed by atoms with Crippen molar-refractivity contribution in [2.75, 3.05) is 20.0 Å². The van der Waals surface area contributed by atoms with Crippen LogP contribution in [0.4, 0.5) is 0 Å². The number of aliphatic hydroxyl groups excluding tert-OH is 1. The number of rotatable bonds is 6. The molecule has 0 aliphatic heterocycles. The van der Waals surface area contributed by atoms with Gasteiger partial charge in [-0.15, -0.1) is 0 Å². The smallest absolute Gasteiger partial charge is 0.0572 e. The molecule has 0 heterocycles. The van der Waals surface area contributed by atoms with Crippen molar-refractivity contribution in [2.45, 2.75) is 56.0 Å². The van der Waals surface area contributed by atoms with Crippen molar-refractivity contribution < 1.29 is 9.84 Å². The van der Waals surface area contributed by atoms with Crippen molar-refractivity contribution in [3.05, 3.63) is 0 Å². The Kier molecular flexibility index (Phi) is 6.73. The van der Waals surface area contributed by atoms with Crippen LogP contribution in [-0.4, -0.2) is 48.5 Å². The van der Waals surface area contributed by atoms with E-state index in [1.54, 1.807) is 18.9 Å². The summed E-state index contributed by atoms with van der Waals surface area (Å²) in [4.78, 5) is 0. The van der Waals surface area contributed by atoms with E-state index in [4.69, 9.17) is 4.74 Å². The van der Waals surface area contributed by atoms with Gasteiger partial charge in [-0.2, -0.15) is 11.8 Å². The van der Waals surface area contributed by atoms with Crippen molar-refractivity contribution in [1.82, 2.24) is 5.32 Å². The minimum atomic E-state index is 0.253. The highest BCUT2D eigenvalue weighted by atomic mass is 32.2. The van der Waals surface area contributed by atoms with Gasteiger partial charge in [-0.1, -0.05) is 0 Å². The second kappa shape index (κ2) is 7.54. The molecular formula is C12H25NO2S. The summed E-state index contributed by atoms with van der Waals surface area (Å²) in [6, 6.07) is 0.978. The number of methoxy groups -OCH3 is 1. The highest BCUT2D eigenvalue weighted by Gasteiger charge is 2.24. The van der Waals surface area contributed by atoms with Crippen molar-refractivity contribution in [2.24, 2.45) is 0 Å². The molecule has 1 saturated carbocycles. The SMILES string of the molecule is COC1CCC(NC(C)C(CO)SC)CC1. The number of thioether (sulfide) groups is 1. The molecular weight excluding hydrogens is 222 g/mol.